The minimum atomic E-state index is -0.308. The van der Waals surface area contributed by atoms with Crippen LogP contribution in [0.25, 0.3) is 0 Å². The number of benzene rings is 1. The molecule has 1 aromatic rings. The normalized spacial score (nSPS) is 22.8. The van der Waals surface area contributed by atoms with E-state index in [1.807, 2.05) is 6.07 Å². The SMILES string of the molecule is CCN(CC)C1(CN)CCCOc2c(F)cccc21. The van der Waals surface area contributed by atoms with Gasteiger partial charge in [-0.15, -0.1) is 0 Å². The van der Waals surface area contributed by atoms with Crippen molar-refractivity contribution in [3.05, 3.63) is 29.6 Å². The smallest absolute Gasteiger partial charge is 0.165 e. The van der Waals surface area contributed by atoms with Crippen LogP contribution in [0.15, 0.2) is 18.2 Å². The lowest BCUT2D eigenvalue weighted by Gasteiger charge is -2.42. The largest absolute Gasteiger partial charge is 0.490 e. The zero-order valence-corrected chi connectivity index (χ0v) is 11.8. The van der Waals surface area contributed by atoms with Gasteiger partial charge in [0.2, 0.25) is 0 Å². The summed E-state index contributed by atoms with van der Waals surface area (Å²) in [4.78, 5) is 2.32. The maximum Gasteiger partial charge on any atom is 0.165 e. The Hall–Kier alpha value is -1.13. The van der Waals surface area contributed by atoms with Gasteiger partial charge >= 0.3 is 0 Å². The summed E-state index contributed by atoms with van der Waals surface area (Å²) in [6.45, 7) is 7.05. The van der Waals surface area contributed by atoms with Crippen LogP contribution in [0.4, 0.5) is 4.39 Å². The fourth-order valence-electron chi connectivity index (χ4n) is 3.19. The number of hydrogen-bond acceptors (Lipinski definition) is 3. The first kappa shape index (κ1) is 14.3. The molecule has 106 valence electrons. The Morgan fingerprint density at radius 2 is 2.11 bits per heavy atom. The standard InChI is InChI=1S/C15H23FN2O/c1-3-18(4-2)15(11-17)9-6-10-19-14-12(15)7-5-8-13(14)16/h5,7-8H,3-4,6,9-11,17H2,1-2H3. The molecule has 1 aromatic carbocycles. The number of hydrogen-bond donors (Lipinski definition) is 1. The van der Waals surface area contributed by atoms with Crippen LogP contribution < -0.4 is 10.5 Å². The molecule has 1 heterocycles. The van der Waals surface area contributed by atoms with Gasteiger partial charge in [0, 0.05) is 12.1 Å². The van der Waals surface area contributed by atoms with Crippen molar-refractivity contribution in [3.8, 4) is 5.75 Å². The van der Waals surface area contributed by atoms with Gasteiger partial charge in [-0.2, -0.15) is 0 Å². The number of rotatable bonds is 4. The van der Waals surface area contributed by atoms with Crippen molar-refractivity contribution < 1.29 is 9.13 Å². The molecule has 1 aliphatic heterocycles. The zero-order valence-electron chi connectivity index (χ0n) is 11.8. The second-order valence-electron chi connectivity index (χ2n) is 4.98. The molecule has 0 spiro atoms. The fraction of sp³-hybridized carbons (Fsp3) is 0.600. The van der Waals surface area contributed by atoms with Crippen LogP contribution in [0.2, 0.25) is 0 Å². The number of halogens is 1. The van der Waals surface area contributed by atoms with E-state index in [0.717, 1.165) is 31.5 Å². The first-order valence-corrected chi connectivity index (χ1v) is 7.06. The molecule has 0 bridgehead atoms. The molecule has 0 saturated heterocycles. The van der Waals surface area contributed by atoms with Crippen LogP contribution in [0.1, 0.15) is 32.3 Å². The molecule has 0 saturated carbocycles. The average molecular weight is 266 g/mol. The lowest BCUT2D eigenvalue weighted by molar-refractivity contribution is 0.0952. The topological polar surface area (TPSA) is 38.5 Å². The summed E-state index contributed by atoms with van der Waals surface area (Å²) in [6.07, 6.45) is 1.80. The quantitative estimate of drug-likeness (QED) is 0.910. The van der Waals surface area contributed by atoms with Crippen LogP contribution in [0.5, 0.6) is 5.75 Å². The Balaban J connectivity index is 2.58. The van der Waals surface area contributed by atoms with Gasteiger partial charge in [0.15, 0.2) is 11.6 Å². The Morgan fingerprint density at radius 1 is 1.37 bits per heavy atom. The van der Waals surface area contributed by atoms with Crippen molar-refractivity contribution in [2.75, 3.05) is 26.2 Å². The lowest BCUT2D eigenvalue weighted by atomic mass is 9.83. The van der Waals surface area contributed by atoms with Crippen molar-refractivity contribution in [1.82, 2.24) is 4.90 Å². The highest BCUT2D eigenvalue weighted by Gasteiger charge is 2.40. The van der Waals surface area contributed by atoms with E-state index in [9.17, 15) is 4.39 Å². The van der Waals surface area contributed by atoms with E-state index in [4.69, 9.17) is 10.5 Å². The highest BCUT2D eigenvalue weighted by atomic mass is 19.1. The monoisotopic (exact) mass is 266 g/mol. The third kappa shape index (κ3) is 2.35. The number of nitrogens with zero attached hydrogens (tertiary/aromatic N) is 1. The number of ether oxygens (including phenoxy) is 1. The molecular formula is C15H23FN2O. The molecule has 0 radical (unpaired) electrons. The average Bonchev–Trinajstić information content (AvgIpc) is 2.62. The molecule has 3 nitrogen and oxygen atoms in total. The van der Waals surface area contributed by atoms with Crippen LogP contribution in [-0.2, 0) is 5.54 Å². The highest BCUT2D eigenvalue weighted by molar-refractivity contribution is 5.41. The Labute approximate surface area is 114 Å². The summed E-state index contributed by atoms with van der Waals surface area (Å²) in [7, 11) is 0. The van der Waals surface area contributed by atoms with E-state index in [0.29, 0.717) is 18.9 Å². The van der Waals surface area contributed by atoms with Gasteiger partial charge in [-0.05, 0) is 32.0 Å². The molecule has 2 rings (SSSR count). The third-order valence-electron chi connectivity index (χ3n) is 4.16. The summed E-state index contributed by atoms with van der Waals surface area (Å²) < 4.78 is 19.6. The number of nitrogens with two attached hydrogens (primary N) is 1. The molecule has 4 heteroatoms. The van der Waals surface area contributed by atoms with Gasteiger partial charge in [-0.1, -0.05) is 26.0 Å². The molecule has 1 aliphatic rings. The molecule has 0 fully saturated rings. The maximum atomic E-state index is 14.0. The number of fused-ring (bicyclic) bond motifs is 1. The molecule has 2 N–H and O–H groups in total. The minimum Gasteiger partial charge on any atom is -0.490 e. The Morgan fingerprint density at radius 3 is 2.74 bits per heavy atom. The summed E-state index contributed by atoms with van der Waals surface area (Å²) in [5, 5.41) is 0. The van der Waals surface area contributed by atoms with Gasteiger partial charge < -0.3 is 10.5 Å². The first-order chi connectivity index (χ1) is 9.19. The van der Waals surface area contributed by atoms with E-state index in [1.165, 1.54) is 6.07 Å². The number of para-hydroxylation sites is 1. The van der Waals surface area contributed by atoms with Crippen molar-refractivity contribution in [1.29, 1.82) is 0 Å². The van der Waals surface area contributed by atoms with Gasteiger partial charge in [-0.3, -0.25) is 4.90 Å². The maximum absolute atomic E-state index is 14.0. The molecule has 19 heavy (non-hydrogen) atoms. The Kier molecular flexibility index (Phi) is 4.42. The third-order valence-corrected chi connectivity index (χ3v) is 4.16. The van der Waals surface area contributed by atoms with Crippen LogP contribution in [0, 0.1) is 5.82 Å². The van der Waals surface area contributed by atoms with Crippen molar-refractivity contribution >= 4 is 0 Å². The van der Waals surface area contributed by atoms with Crippen molar-refractivity contribution in [2.45, 2.75) is 32.2 Å². The summed E-state index contributed by atoms with van der Waals surface area (Å²) in [6, 6.07) is 5.15. The van der Waals surface area contributed by atoms with E-state index >= 15 is 0 Å². The van der Waals surface area contributed by atoms with E-state index < -0.39 is 0 Å². The van der Waals surface area contributed by atoms with Crippen LogP contribution >= 0.6 is 0 Å². The zero-order chi connectivity index (χ0) is 13.9. The summed E-state index contributed by atoms with van der Waals surface area (Å²) in [5.41, 5.74) is 6.70. The molecule has 0 aromatic heterocycles. The number of likely N-dealkylation sites (N-methyl/N-ethyl adjacent to an activating group) is 1. The fourth-order valence-corrected chi connectivity index (χ4v) is 3.19. The predicted molar refractivity (Wildman–Crippen MR) is 74.8 cm³/mol. The second-order valence-corrected chi connectivity index (χ2v) is 4.98. The van der Waals surface area contributed by atoms with Crippen molar-refractivity contribution in [2.24, 2.45) is 5.73 Å². The molecule has 0 aliphatic carbocycles. The molecule has 1 unspecified atom stereocenters. The van der Waals surface area contributed by atoms with Gasteiger partial charge in [0.25, 0.3) is 0 Å². The Bertz CT molecular complexity index is 434. The lowest BCUT2D eigenvalue weighted by Crippen LogP contribution is -2.51. The van der Waals surface area contributed by atoms with Crippen molar-refractivity contribution in [3.63, 3.8) is 0 Å². The summed E-state index contributed by atoms with van der Waals surface area (Å²) >= 11 is 0. The predicted octanol–water partition coefficient (Wildman–Crippen LogP) is 2.49. The van der Waals surface area contributed by atoms with Gasteiger partial charge in [0.05, 0.1) is 12.1 Å². The van der Waals surface area contributed by atoms with Gasteiger partial charge in [-0.25, -0.2) is 4.39 Å². The van der Waals surface area contributed by atoms with E-state index in [-0.39, 0.29) is 11.4 Å². The minimum absolute atomic E-state index is 0.288. The molecule has 0 amide bonds. The van der Waals surface area contributed by atoms with Gasteiger partial charge in [0.1, 0.15) is 0 Å². The van der Waals surface area contributed by atoms with Crippen LogP contribution in [0.3, 0.4) is 0 Å². The second kappa shape index (κ2) is 5.88. The first-order valence-electron chi connectivity index (χ1n) is 7.06. The molecule has 1 atom stereocenters. The van der Waals surface area contributed by atoms with Crippen LogP contribution in [-0.4, -0.2) is 31.1 Å². The van der Waals surface area contributed by atoms with E-state index in [2.05, 4.69) is 18.7 Å². The highest BCUT2D eigenvalue weighted by Crippen LogP contribution is 2.41. The van der Waals surface area contributed by atoms with E-state index in [1.54, 1.807) is 6.07 Å². The molecular weight excluding hydrogens is 243 g/mol. The summed E-state index contributed by atoms with van der Waals surface area (Å²) in [5.74, 6) is 0.0988.